The summed E-state index contributed by atoms with van der Waals surface area (Å²) in [6.45, 7) is 8.76. The Morgan fingerprint density at radius 1 is 1.33 bits per heavy atom. The van der Waals surface area contributed by atoms with Gasteiger partial charge in [-0.3, -0.25) is 9.58 Å². The van der Waals surface area contributed by atoms with Gasteiger partial charge in [0.25, 0.3) is 0 Å². The van der Waals surface area contributed by atoms with Crippen LogP contribution in [0.15, 0.2) is 0 Å². The van der Waals surface area contributed by atoms with E-state index in [4.69, 9.17) is 5.11 Å². The van der Waals surface area contributed by atoms with Crippen LogP contribution in [-0.2, 0) is 22.9 Å². The normalized spacial score (nSPS) is 15.4. The number of aryl methyl sites for hydroxylation is 1. The van der Waals surface area contributed by atoms with Crippen LogP contribution in [0, 0.1) is 13.8 Å². The van der Waals surface area contributed by atoms with Gasteiger partial charge in [0, 0.05) is 30.1 Å². The number of nitrogens with zero attached hydrogens (tertiary/aromatic N) is 3. The Morgan fingerprint density at radius 3 is 2.38 bits per heavy atom. The Labute approximate surface area is 127 Å². The molecular formula is C14H27N3O3S. The highest BCUT2D eigenvalue weighted by Gasteiger charge is 2.26. The summed E-state index contributed by atoms with van der Waals surface area (Å²) in [7, 11) is -1.13. The first-order valence-corrected chi connectivity index (χ1v) is 9.07. The molecule has 0 spiro atoms. The van der Waals surface area contributed by atoms with Crippen molar-refractivity contribution in [3.05, 3.63) is 17.0 Å². The molecule has 0 aromatic carbocycles. The Bertz CT molecular complexity index is 581. The van der Waals surface area contributed by atoms with Crippen LogP contribution in [0.3, 0.4) is 0 Å². The number of aliphatic hydroxyl groups excluding tert-OH is 1. The van der Waals surface area contributed by atoms with Crippen molar-refractivity contribution in [3.63, 3.8) is 0 Å². The van der Waals surface area contributed by atoms with Crippen molar-refractivity contribution < 1.29 is 13.5 Å². The van der Waals surface area contributed by atoms with Crippen molar-refractivity contribution in [1.29, 1.82) is 0 Å². The fourth-order valence-corrected chi connectivity index (χ4v) is 3.31. The molecule has 2 unspecified atom stereocenters. The third-order valence-corrected chi connectivity index (χ3v) is 6.05. The van der Waals surface area contributed by atoms with Crippen molar-refractivity contribution in [2.75, 3.05) is 19.9 Å². The number of hydrogen-bond donors (Lipinski definition) is 1. The van der Waals surface area contributed by atoms with E-state index < -0.39 is 15.1 Å². The van der Waals surface area contributed by atoms with E-state index >= 15 is 0 Å². The number of hydrogen-bond acceptors (Lipinski definition) is 5. The van der Waals surface area contributed by atoms with E-state index in [0.717, 1.165) is 17.0 Å². The second kappa shape index (κ2) is 6.89. The zero-order valence-corrected chi connectivity index (χ0v) is 14.6. The highest BCUT2D eigenvalue weighted by Crippen LogP contribution is 2.18. The summed E-state index contributed by atoms with van der Waals surface area (Å²) in [4.78, 5) is 2.03. The van der Waals surface area contributed by atoms with Gasteiger partial charge in [-0.15, -0.1) is 0 Å². The van der Waals surface area contributed by atoms with E-state index in [2.05, 4.69) is 5.10 Å². The summed E-state index contributed by atoms with van der Waals surface area (Å²) in [5.41, 5.74) is 3.04. The van der Waals surface area contributed by atoms with E-state index in [1.54, 1.807) is 11.6 Å². The lowest BCUT2D eigenvalue weighted by Crippen LogP contribution is -2.41. The zero-order valence-electron chi connectivity index (χ0n) is 13.8. The van der Waals surface area contributed by atoms with E-state index in [-0.39, 0.29) is 12.6 Å². The largest absolute Gasteiger partial charge is 0.394 e. The molecule has 1 N–H and O–H groups in total. The third kappa shape index (κ3) is 4.28. The minimum Gasteiger partial charge on any atom is -0.394 e. The van der Waals surface area contributed by atoms with Gasteiger partial charge in [0.1, 0.15) is 0 Å². The molecule has 2 atom stereocenters. The summed E-state index contributed by atoms with van der Waals surface area (Å²) in [6.07, 6.45) is 1.28. The van der Waals surface area contributed by atoms with Gasteiger partial charge in [-0.05, 0) is 34.7 Å². The van der Waals surface area contributed by atoms with Crippen LogP contribution in [0.1, 0.15) is 30.8 Å². The summed E-state index contributed by atoms with van der Waals surface area (Å²) < 4.78 is 25.2. The molecule has 122 valence electrons. The molecule has 0 aliphatic rings. The van der Waals surface area contributed by atoms with Crippen LogP contribution in [0.2, 0.25) is 0 Å². The number of aliphatic hydroxyl groups is 1. The lowest BCUT2D eigenvalue weighted by atomic mass is 10.1. The fraction of sp³-hybridized carbons (Fsp3) is 0.786. The van der Waals surface area contributed by atoms with Crippen molar-refractivity contribution >= 4 is 9.84 Å². The number of aromatic nitrogens is 2. The van der Waals surface area contributed by atoms with E-state index in [9.17, 15) is 8.42 Å². The van der Waals surface area contributed by atoms with Gasteiger partial charge in [0.15, 0.2) is 9.84 Å². The molecule has 0 saturated carbocycles. The molecule has 7 heteroatoms. The molecule has 21 heavy (non-hydrogen) atoms. The summed E-state index contributed by atoms with van der Waals surface area (Å²) in [6, 6.07) is -0.0833. The molecule has 0 amide bonds. The Morgan fingerprint density at radius 2 is 1.90 bits per heavy atom. The summed E-state index contributed by atoms with van der Waals surface area (Å²) in [5, 5.41) is 13.0. The van der Waals surface area contributed by atoms with E-state index in [0.29, 0.717) is 13.1 Å². The zero-order chi connectivity index (χ0) is 16.4. The lowest BCUT2D eigenvalue weighted by Gasteiger charge is -2.29. The second-order valence-corrected chi connectivity index (χ2v) is 8.19. The molecule has 1 aromatic heterocycles. The van der Waals surface area contributed by atoms with Crippen molar-refractivity contribution in [3.8, 4) is 0 Å². The van der Waals surface area contributed by atoms with Crippen LogP contribution in [0.4, 0.5) is 0 Å². The summed E-state index contributed by atoms with van der Waals surface area (Å²) >= 11 is 0. The average Bonchev–Trinajstić information content (AvgIpc) is 2.64. The number of sulfone groups is 1. The molecular weight excluding hydrogens is 290 g/mol. The predicted molar refractivity (Wildman–Crippen MR) is 84.0 cm³/mol. The van der Waals surface area contributed by atoms with Gasteiger partial charge in [0.2, 0.25) is 0 Å². The predicted octanol–water partition coefficient (Wildman–Crippen LogP) is 0.746. The van der Waals surface area contributed by atoms with Crippen molar-refractivity contribution in [2.24, 2.45) is 0 Å². The van der Waals surface area contributed by atoms with E-state index in [1.165, 1.54) is 6.26 Å². The molecule has 0 saturated heterocycles. The van der Waals surface area contributed by atoms with Gasteiger partial charge < -0.3 is 5.11 Å². The Hall–Kier alpha value is -0.920. The van der Waals surface area contributed by atoms with Gasteiger partial charge in [0.05, 0.1) is 24.1 Å². The SMILES string of the molecule is Cc1nn(CCO)c(C)c1CN(C)C(C)C(C)S(C)(=O)=O. The smallest absolute Gasteiger partial charge is 0.151 e. The minimum atomic E-state index is -3.06. The maximum atomic E-state index is 11.7. The van der Waals surface area contributed by atoms with Crippen molar-refractivity contribution in [2.45, 2.75) is 52.1 Å². The fourth-order valence-electron chi connectivity index (χ4n) is 2.38. The maximum absolute atomic E-state index is 11.7. The average molecular weight is 317 g/mol. The topological polar surface area (TPSA) is 75.4 Å². The van der Waals surface area contributed by atoms with Crippen LogP contribution in [0.5, 0.6) is 0 Å². The molecule has 1 aromatic rings. The Kier molecular flexibility index (Phi) is 5.95. The van der Waals surface area contributed by atoms with Crippen molar-refractivity contribution in [1.82, 2.24) is 14.7 Å². The highest BCUT2D eigenvalue weighted by atomic mass is 32.2. The quantitative estimate of drug-likeness (QED) is 0.803. The molecule has 1 rings (SSSR count). The van der Waals surface area contributed by atoms with Gasteiger partial charge >= 0.3 is 0 Å². The Balaban J connectivity index is 2.91. The van der Waals surface area contributed by atoms with Gasteiger partial charge in [-0.25, -0.2) is 8.42 Å². The molecule has 0 radical (unpaired) electrons. The van der Waals surface area contributed by atoms with Gasteiger partial charge in [-0.2, -0.15) is 5.10 Å². The molecule has 0 aliphatic heterocycles. The minimum absolute atomic E-state index is 0.0543. The maximum Gasteiger partial charge on any atom is 0.151 e. The first-order chi connectivity index (χ1) is 9.59. The first-order valence-electron chi connectivity index (χ1n) is 7.12. The third-order valence-electron chi connectivity index (χ3n) is 4.30. The molecule has 0 bridgehead atoms. The van der Waals surface area contributed by atoms with Crippen LogP contribution >= 0.6 is 0 Å². The van der Waals surface area contributed by atoms with Crippen LogP contribution in [-0.4, -0.2) is 59.4 Å². The second-order valence-electron chi connectivity index (χ2n) is 5.79. The van der Waals surface area contributed by atoms with Crippen LogP contribution in [0.25, 0.3) is 0 Å². The monoisotopic (exact) mass is 317 g/mol. The molecule has 0 fully saturated rings. The van der Waals surface area contributed by atoms with Crippen LogP contribution < -0.4 is 0 Å². The van der Waals surface area contributed by atoms with Gasteiger partial charge in [-0.1, -0.05) is 0 Å². The van der Waals surface area contributed by atoms with E-state index in [1.807, 2.05) is 32.7 Å². The standard InChI is InChI=1S/C14H27N3O3S/c1-10-14(12(3)17(15-10)7-8-18)9-16(5)11(2)13(4)21(6,19)20/h11,13,18H,7-9H2,1-6H3. The molecule has 1 heterocycles. The number of rotatable bonds is 7. The first kappa shape index (κ1) is 18.1. The highest BCUT2D eigenvalue weighted by molar-refractivity contribution is 7.91. The lowest BCUT2D eigenvalue weighted by molar-refractivity contribution is 0.243. The molecule has 0 aliphatic carbocycles. The molecule has 6 nitrogen and oxygen atoms in total. The summed E-state index contributed by atoms with van der Waals surface area (Å²) in [5.74, 6) is 0.